The molecule has 0 bridgehead atoms. The van der Waals surface area contributed by atoms with Crippen LogP contribution in [-0.4, -0.2) is 29.2 Å². The number of benzene rings is 1. The van der Waals surface area contributed by atoms with Crippen molar-refractivity contribution >= 4 is 0 Å². The molecule has 0 saturated carbocycles. The van der Waals surface area contributed by atoms with Crippen molar-refractivity contribution in [2.24, 2.45) is 5.73 Å². The maximum atomic E-state index is 5.83. The number of ether oxygens (including phenoxy) is 1. The molecule has 0 radical (unpaired) electrons. The van der Waals surface area contributed by atoms with Crippen molar-refractivity contribution in [1.82, 2.24) is 9.97 Å². The number of aromatic nitrogens is 2. The van der Waals surface area contributed by atoms with E-state index in [0.717, 1.165) is 31.6 Å². The summed E-state index contributed by atoms with van der Waals surface area (Å²) in [5, 5.41) is 0. The SMILES string of the molecule is CC.NCC(Cc1ccccc1)OCCCc1cnc[nH]1.[HH]. The highest BCUT2D eigenvalue weighted by Gasteiger charge is 2.07. The van der Waals surface area contributed by atoms with Gasteiger partial charge in [-0.2, -0.15) is 0 Å². The van der Waals surface area contributed by atoms with Crippen LogP contribution in [0.25, 0.3) is 0 Å². The van der Waals surface area contributed by atoms with E-state index in [0.29, 0.717) is 6.54 Å². The van der Waals surface area contributed by atoms with Crippen LogP contribution in [0.5, 0.6) is 0 Å². The zero-order valence-corrected chi connectivity index (χ0v) is 13.1. The van der Waals surface area contributed by atoms with Gasteiger partial charge in [0.15, 0.2) is 0 Å². The maximum Gasteiger partial charge on any atom is 0.0921 e. The fourth-order valence-corrected chi connectivity index (χ4v) is 2.02. The van der Waals surface area contributed by atoms with Gasteiger partial charge in [-0.1, -0.05) is 44.2 Å². The molecule has 0 aliphatic carbocycles. The topological polar surface area (TPSA) is 63.9 Å². The number of nitrogens with two attached hydrogens (primary N) is 1. The van der Waals surface area contributed by atoms with Gasteiger partial charge in [0.05, 0.1) is 12.4 Å². The molecule has 1 atom stereocenters. The van der Waals surface area contributed by atoms with Crippen LogP contribution in [0.2, 0.25) is 0 Å². The van der Waals surface area contributed by atoms with Gasteiger partial charge in [0.2, 0.25) is 0 Å². The van der Waals surface area contributed by atoms with E-state index in [4.69, 9.17) is 10.5 Å². The first kappa shape index (κ1) is 17.4. The van der Waals surface area contributed by atoms with E-state index in [2.05, 4.69) is 22.1 Å². The van der Waals surface area contributed by atoms with Crippen molar-refractivity contribution < 1.29 is 6.16 Å². The molecular weight excluding hydrogens is 262 g/mol. The number of aromatic amines is 1. The zero-order chi connectivity index (χ0) is 15.3. The Balaban J connectivity index is 0.00000141. The molecule has 118 valence electrons. The van der Waals surface area contributed by atoms with E-state index in [-0.39, 0.29) is 7.53 Å². The summed E-state index contributed by atoms with van der Waals surface area (Å²) in [6.07, 6.45) is 6.47. The number of rotatable bonds is 8. The molecular formula is C17H29N3O. The summed E-state index contributed by atoms with van der Waals surface area (Å²) < 4.78 is 5.83. The van der Waals surface area contributed by atoms with Gasteiger partial charge in [0.25, 0.3) is 0 Å². The number of aryl methyl sites for hydroxylation is 1. The number of H-pyrrole nitrogens is 1. The lowest BCUT2D eigenvalue weighted by molar-refractivity contribution is 0.0579. The minimum atomic E-state index is 0. The molecule has 1 heterocycles. The van der Waals surface area contributed by atoms with E-state index in [1.807, 2.05) is 38.2 Å². The lowest BCUT2D eigenvalue weighted by Gasteiger charge is -2.16. The maximum absolute atomic E-state index is 5.83. The van der Waals surface area contributed by atoms with Gasteiger partial charge in [0, 0.05) is 26.5 Å². The number of nitrogens with one attached hydrogen (secondary N) is 1. The number of nitrogens with zero attached hydrogens (tertiary/aromatic N) is 1. The zero-order valence-electron chi connectivity index (χ0n) is 13.1. The largest absolute Gasteiger partial charge is 0.377 e. The third-order valence-corrected chi connectivity index (χ3v) is 3.07. The standard InChI is InChI=1S/C15H21N3O.C2H6.H2/c16-10-15(9-13-5-2-1-3-6-13)19-8-4-7-14-11-17-12-18-14;1-2;/h1-3,5-6,11-12,15H,4,7-10,16H2,(H,17,18);1-2H3;1H. The summed E-state index contributed by atoms with van der Waals surface area (Å²) in [5.74, 6) is 0. The first-order valence-electron chi connectivity index (χ1n) is 7.71. The summed E-state index contributed by atoms with van der Waals surface area (Å²) >= 11 is 0. The Morgan fingerprint density at radius 2 is 2.05 bits per heavy atom. The van der Waals surface area contributed by atoms with Gasteiger partial charge in [-0.3, -0.25) is 0 Å². The molecule has 21 heavy (non-hydrogen) atoms. The van der Waals surface area contributed by atoms with Gasteiger partial charge in [-0.15, -0.1) is 0 Å². The van der Waals surface area contributed by atoms with E-state index >= 15 is 0 Å². The van der Waals surface area contributed by atoms with Crippen LogP contribution >= 0.6 is 0 Å². The molecule has 2 aromatic rings. The lowest BCUT2D eigenvalue weighted by atomic mass is 10.1. The molecule has 0 amide bonds. The van der Waals surface area contributed by atoms with E-state index in [9.17, 15) is 0 Å². The van der Waals surface area contributed by atoms with E-state index in [1.54, 1.807) is 6.33 Å². The third-order valence-electron chi connectivity index (χ3n) is 3.07. The Bertz CT molecular complexity index is 448. The highest BCUT2D eigenvalue weighted by atomic mass is 16.5. The molecule has 0 spiro atoms. The summed E-state index contributed by atoms with van der Waals surface area (Å²) in [6, 6.07) is 10.3. The minimum Gasteiger partial charge on any atom is -0.377 e. The quantitative estimate of drug-likeness (QED) is 0.734. The predicted molar refractivity (Wildman–Crippen MR) is 89.3 cm³/mol. The molecule has 1 unspecified atom stereocenters. The Kier molecular flexibility index (Phi) is 9.16. The molecule has 0 aliphatic heterocycles. The normalized spacial score (nSPS) is 11.6. The Morgan fingerprint density at radius 3 is 2.67 bits per heavy atom. The van der Waals surface area contributed by atoms with Crippen LogP contribution in [-0.2, 0) is 17.6 Å². The third kappa shape index (κ3) is 7.06. The lowest BCUT2D eigenvalue weighted by Crippen LogP contribution is -2.26. The molecule has 3 N–H and O–H groups in total. The van der Waals surface area contributed by atoms with Gasteiger partial charge < -0.3 is 15.5 Å². The highest BCUT2D eigenvalue weighted by Crippen LogP contribution is 2.06. The van der Waals surface area contributed by atoms with E-state index < -0.39 is 0 Å². The smallest absolute Gasteiger partial charge is 0.0921 e. The van der Waals surface area contributed by atoms with Crippen molar-refractivity contribution in [2.75, 3.05) is 13.2 Å². The van der Waals surface area contributed by atoms with Crippen LogP contribution in [0, 0.1) is 0 Å². The first-order chi connectivity index (χ1) is 10.4. The number of hydrogen-bond donors (Lipinski definition) is 2. The second-order valence-electron chi connectivity index (χ2n) is 4.60. The van der Waals surface area contributed by atoms with Crippen LogP contribution in [0.3, 0.4) is 0 Å². The van der Waals surface area contributed by atoms with Crippen LogP contribution in [0.15, 0.2) is 42.9 Å². The Labute approximate surface area is 129 Å². The van der Waals surface area contributed by atoms with Crippen molar-refractivity contribution in [1.29, 1.82) is 0 Å². The molecule has 2 rings (SSSR count). The monoisotopic (exact) mass is 291 g/mol. The number of hydrogen-bond acceptors (Lipinski definition) is 3. The highest BCUT2D eigenvalue weighted by molar-refractivity contribution is 5.15. The fourth-order valence-electron chi connectivity index (χ4n) is 2.02. The second kappa shape index (κ2) is 11.1. The van der Waals surface area contributed by atoms with Crippen LogP contribution < -0.4 is 5.73 Å². The molecule has 1 aromatic heterocycles. The Morgan fingerprint density at radius 1 is 1.29 bits per heavy atom. The van der Waals surface area contributed by atoms with Gasteiger partial charge >= 0.3 is 0 Å². The van der Waals surface area contributed by atoms with Gasteiger partial charge in [0.1, 0.15) is 0 Å². The molecule has 0 fully saturated rings. The van der Waals surface area contributed by atoms with Gasteiger partial charge in [-0.25, -0.2) is 4.98 Å². The summed E-state index contributed by atoms with van der Waals surface area (Å²) in [5.41, 5.74) is 8.18. The van der Waals surface area contributed by atoms with Crippen molar-refractivity contribution in [3.63, 3.8) is 0 Å². The van der Waals surface area contributed by atoms with Gasteiger partial charge in [-0.05, 0) is 24.8 Å². The second-order valence-corrected chi connectivity index (χ2v) is 4.60. The Hall–Kier alpha value is -1.65. The summed E-state index contributed by atoms with van der Waals surface area (Å²) in [6.45, 7) is 5.28. The summed E-state index contributed by atoms with van der Waals surface area (Å²) in [4.78, 5) is 7.08. The first-order valence-corrected chi connectivity index (χ1v) is 7.71. The molecule has 1 aromatic carbocycles. The number of imidazole rings is 1. The van der Waals surface area contributed by atoms with Crippen LogP contribution in [0.1, 0.15) is 33.0 Å². The average Bonchev–Trinajstić information content (AvgIpc) is 3.06. The van der Waals surface area contributed by atoms with E-state index in [1.165, 1.54) is 5.56 Å². The van der Waals surface area contributed by atoms with Crippen LogP contribution in [0.4, 0.5) is 0 Å². The van der Waals surface area contributed by atoms with Crippen molar-refractivity contribution in [3.05, 3.63) is 54.1 Å². The molecule has 0 aliphatic rings. The average molecular weight is 291 g/mol. The van der Waals surface area contributed by atoms with Crippen molar-refractivity contribution in [2.45, 2.75) is 39.2 Å². The minimum absolute atomic E-state index is 0. The molecule has 0 saturated heterocycles. The molecule has 4 heteroatoms. The van der Waals surface area contributed by atoms with Crippen molar-refractivity contribution in [3.8, 4) is 0 Å². The fraction of sp³-hybridized carbons (Fsp3) is 0.471. The molecule has 4 nitrogen and oxygen atoms in total. The summed E-state index contributed by atoms with van der Waals surface area (Å²) in [7, 11) is 0. The predicted octanol–water partition coefficient (Wildman–Crippen LogP) is 3.20.